The lowest BCUT2D eigenvalue weighted by Crippen LogP contribution is -2.14. The van der Waals surface area contributed by atoms with Crippen molar-refractivity contribution in [2.45, 2.75) is 0 Å². The first-order chi connectivity index (χ1) is 10.9. The molecular weight excluding hydrogens is 305 g/mol. The Morgan fingerprint density at radius 1 is 0.870 bits per heavy atom. The van der Waals surface area contributed by atoms with Gasteiger partial charge in [0.2, 0.25) is 0 Å². The van der Waals surface area contributed by atoms with Crippen LogP contribution in [0.25, 0.3) is 10.8 Å². The molecule has 3 rings (SSSR count). The first kappa shape index (κ1) is 15.5. The van der Waals surface area contributed by atoms with Crippen LogP contribution in [0.5, 0.6) is 0 Å². The molecule has 0 saturated carbocycles. The number of carbonyl (C=O) groups excluding carboxylic acids is 1. The van der Waals surface area contributed by atoms with Gasteiger partial charge in [-0.25, -0.2) is 0 Å². The van der Waals surface area contributed by atoms with E-state index in [1.165, 1.54) is 0 Å². The largest absolute Gasteiger partial charge is 0.322 e. The van der Waals surface area contributed by atoms with Gasteiger partial charge in [0.05, 0.1) is 0 Å². The van der Waals surface area contributed by atoms with Crippen molar-refractivity contribution in [3.63, 3.8) is 0 Å². The molecule has 1 amide bonds. The fraction of sp³-hybridized carbons (Fsp3) is 0.105. The number of amides is 1. The molecule has 3 aromatic rings. The Morgan fingerprint density at radius 2 is 1.61 bits per heavy atom. The van der Waals surface area contributed by atoms with Crippen LogP contribution < -0.4 is 10.6 Å². The van der Waals surface area contributed by atoms with Gasteiger partial charge in [-0.05, 0) is 48.4 Å². The van der Waals surface area contributed by atoms with Gasteiger partial charge in [0.1, 0.15) is 7.14 Å². The molecule has 0 heterocycles. The van der Waals surface area contributed by atoms with Crippen LogP contribution in [0.4, 0.5) is 5.69 Å². The SMILES string of the molecule is CP(C)(=O)c1cccc(C(=O)Nc2ccc3ccccc3c2)c1. The van der Waals surface area contributed by atoms with E-state index in [1.807, 2.05) is 42.5 Å². The van der Waals surface area contributed by atoms with Crippen LogP contribution in [0.2, 0.25) is 0 Å². The molecule has 0 spiro atoms. The predicted molar refractivity (Wildman–Crippen MR) is 97.4 cm³/mol. The van der Waals surface area contributed by atoms with Crippen LogP contribution in [0.15, 0.2) is 66.7 Å². The minimum absolute atomic E-state index is 0.199. The molecule has 0 saturated heterocycles. The lowest BCUT2D eigenvalue weighted by Gasteiger charge is -2.10. The Labute approximate surface area is 135 Å². The monoisotopic (exact) mass is 323 g/mol. The second-order valence-electron chi connectivity index (χ2n) is 5.92. The van der Waals surface area contributed by atoms with Crippen molar-refractivity contribution >= 4 is 34.8 Å². The van der Waals surface area contributed by atoms with Crippen molar-refractivity contribution in [3.05, 3.63) is 72.3 Å². The summed E-state index contributed by atoms with van der Waals surface area (Å²) in [7, 11) is -2.38. The molecule has 3 aromatic carbocycles. The summed E-state index contributed by atoms with van der Waals surface area (Å²) in [6.07, 6.45) is 0. The van der Waals surface area contributed by atoms with Crippen molar-refractivity contribution in [1.29, 1.82) is 0 Å². The first-order valence-corrected chi connectivity index (χ1v) is 9.99. The van der Waals surface area contributed by atoms with Crippen LogP contribution >= 0.6 is 7.14 Å². The van der Waals surface area contributed by atoms with Gasteiger partial charge >= 0.3 is 0 Å². The maximum absolute atomic E-state index is 12.4. The van der Waals surface area contributed by atoms with Gasteiger partial charge in [-0.1, -0.05) is 42.5 Å². The maximum atomic E-state index is 12.4. The Bertz CT molecular complexity index is 927. The van der Waals surface area contributed by atoms with Gasteiger partial charge in [-0.2, -0.15) is 0 Å². The lowest BCUT2D eigenvalue weighted by atomic mass is 10.1. The van der Waals surface area contributed by atoms with Crippen molar-refractivity contribution in [3.8, 4) is 0 Å². The quantitative estimate of drug-likeness (QED) is 0.729. The summed E-state index contributed by atoms with van der Waals surface area (Å²) < 4.78 is 12.2. The third-order valence-electron chi connectivity index (χ3n) is 3.74. The summed E-state index contributed by atoms with van der Waals surface area (Å²) in [5.74, 6) is -0.199. The van der Waals surface area contributed by atoms with Gasteiger partial charge in [0.25, 0.3) is 5.91 Å². The van der Waals surface area contributed by atoms with E-state index in [9.17, 15) is 9.36 Å². The number of anilines is 1. The molecule has 0 aromatic heterocycles. The van der Waals surface area contributed by atoms with Gasteiger partial charge in [-0.3, -0.25) is 4.79 Å². The zero-order chi connectivity index (χ0) is 16.4. The molecule has 4 heteroatoms. The molecule has 0 unspecified atom stereocenters. The fourth-order valence-electron chi connectivity index (χ4n) is 2.45. The van der Waals surface area contributed by atoms with Crippen molar-refractivity contribution in [2.24, 2.45) is 0 Å². The van der Waals surface area contributed by atoms with E-state index in [0.29, 0.717) is 10.9 Å². The third-order valence-corrected chi connectivity index (χ3v) is 5.26. The topological polar surface area (TPSA) is 46.2 Å². The molecule has 0 aliphatic heterocycles. The van der Waals surface area contributed by atoms with E-state index in [2.05, 4.69) is 5.32 Å². The molecule has 3 nitrogen and oxygen atoms in total. The molecule has 0 aliphatic carbocycles. The summed E-state index contributed by atoms with van der Waals surface area (Å²) >= 11 is 0. The second kappa shape index (κ2) is 6.02. The number of benzene rings is 3. The predicted octanol–water partition coefficient (Wildman–Crippen LogP) is 4.34. The summed E-state index contributed by atoms with van der Waals surface area (Å²) in [6.45, 7) is 3.40. The van der Waals surface area contributed by atoms with E-state index >= 15 is 0 Å². The van der Waals surface area contributed by atoms with Crippen molar-refractivity contribution in [1.82, 2.24) is 0 Å². The molecule has 23 heavy (non-hydrogen) atoms. The average Bonchev–Trinajstić information content (AvgIpc) is 2.54. The maximum Gasteiger partial charge on any atom is 0.255 e. The second-order valence-corrected chi connectivity index (χ2v) is 9.14. The molecule has 0 bridgehead atoms. The third kappa shape index (κ3) is 3.52. The van der Waals surface area contributed by atoms with Crippen LogP contribution in [-0.4, -0.2) is 19.2 Å². The Balaban J connectivity index is 1.87. The van der Waals surface area contributed by atoms with E-state index in [-0.39, 0.29) is 5.91 Å². The fourth-order valence-corrected chi connectivity index (χ4v) is 3.35. The number of fused-ring (bicyclic) bond motifs is 1. The smallest absolute Gasteiger partial charge is 0.255 e. The highest BCUT2D eigenvalue weighted by molar-refractivity contribution is 7.70. The zero-order valence-corrected chi connectivity index (χ0v) is 14.0. The van der Waals surface area contributed by atoms with Gasteiger partial charge in [0, 0.05) is 16.6 Å². The Kier molecular flexibility index (Phi) is 4.06. The van der Waals surface area contributed by atoms with Crippen LogP contribution in [0.3, 0.4) is 0 Å². The number of carbonyl (C=O) groups is 1. The van der Waals surface area contributed by atoms with E-state index in [0.717, 1.165) is 16.5 Å². The van der Waals surface area contributed by atoms with Gasteiger partial charge in [0.15, 0.2) is 0 Å². The standard InChI is InChI=1S/C19H18NO2P/c1-23(2,22)18-9-5-8-16(13-18)19(21)20-17-11-10-14-6-3-4-7-15(14)12-17/h3-13H,1-2H3,(H,20,21). The molecule has 116 valence electrons. The number of rotatable bonds is 3. The minimum Gasteiger partial charge on any atom is -0.322 e. The highest BCUT2D eigenvalue weighted by Gasteiger charge is 2.14. The van der Waals surface area contributed by atoms with Crippen LogP contribution in [0.1, 0.15) is 10.4 Å². The molecular formula is C19H18NO2P. The number of hydrogen-bond acceptors (Lipinski definition) is 2. The zero-order valence-electron chi connectivity index (χ0n) is 13.1. The van der Waals surface area contributed by atoms with Gasteiger partial charge < -0.3 is 9.88 Å². The highest BCUT2D eigenvalue weighted by atomic mass is 31.2. The number of hydrogen-bond donors (Lipinski definition) is 1. The Hall–Kier alpha value is -2.38. The van der Waals surface area contributed by atoms with E-state index in [1.54, 1.807) is 37.6 Å². The van der Waals surface area contributed by atoms with E-state index in [4.69, 9.17) is 0 Å². The summed E-state index contributed by atoms with van der Waals surface area (Å²) in [4.78, 5) is 12.4. The molecule has 1 N–H and O–H groups in total. The Morgan fingerprint density at radius 3 is 2.35 bits per heavy atom. The normalized spacial score (nSPS) is 11.4. The average molecular weight is 323 g/mol. The van der Waals surface area contributed by atoms with Crippen LogP contribution in [-0.2, 0) is 4.57 Å². The number of nitrogens with one attached hydrogen (secondary N) is 1. The molecule has 0 atom stereocenters. The minimum atomic E-state index is -2.38. The van der Waals surface area contributed by atoms with E-state index < -0.39 is 7.14 Å². The first-order valence-electron chi connectivity index (χ1n) is 7.39. The molecule has 0 radical (unpaired) electrons. The summed E-state index contributed by atoms with van der Waals surface area (Å²) in [5.41, 5.74) is 1.26. The molecule has 0 fully saturated rings. The van der Waals surface area contributed by atoms with Crippen molar-refractivity contribution in [2.75, 3.05) is 18.6 Å². The van der Waals surface area contributed by atoms with Crippen LogP contribution in [0, 0.1) is 0 Å². The van der Waals surface area contributed by atoms with Crippen molar-refractivity contribution < 1.29 is 9.36 Å². The summed E-state index contributed by atoms with van der Waals surface area (Å²) in [6, 6.07) is 20.8. The molecule has 0 aliphatic rings. The van der Waals surface area contributed by atoms with Gasteiger partial charge in [-0.15, -0.1) is 0 Å². The summed E-state index contributed by atoms with van der Waals surface area (Å²) in [5, 5.41) is 5.82. The lowest BCUT2D eigenvalue weighted by molar-refractivity contribution is 0.102. The highest BCUT2D eigenvalue weighted by Crippen LogP contribution is 2.34.